The summed E-state index contributed by atoms with van der Waals surface area (Å²) in [5.41, 5.74) is 8.76. The summed E-state index contributed by atoms with van der Waals surface area (Å²) in [6, 6.07) is 29.4. The molecule has 1 aliphatic carbocycles. The van der Waals surface area contributed by atoms with E-state index in [4.69, 9.17) is 15.3 Å². The average molecular weight is 1440 g/mol. The van der Waals surface area contributed by atoms with E-state index in [1.807, 2.05) is 54.6 Å². The Labute approximate surface area is 598 Å². The van der Waals surface area contributed by atoms with Crippen molar-refractivity contribution in [1.82, 2.24) is 16.0 Å². The number of amides is 3. The van der Waals surface area contributed by atoms with Gasteiger partial charge in [-0.15, -0.1) is 0 Å². The summed E-state index contributed by atoms with van der Waals surface area (Å²) in [5, 5.41) is 44.8. The Morgan fingerprint density at radius 3 is 1.95 bits per heavy atom. The van der Waals surface area contributed by atoms with Crippen molar-refractivity contribution in [3.8, 4) is 5.75 Å². The molecular weight excluding hydrogens is 1350 g/mol. The monoisotopic (exact) mass is 1440 g/mol. The number of allylic oxidation sites excluding steroid dienone is 7. The minimum Gasteiger partial charge on any atom is -0.481 e. The van der Waals surface area contributed by atoms with Crippen LogP contribution in [0.15, 0.2) is 150 Å². The zero-order valence-corrected chi connectivity index (χ0v) is 60.4. The van der Waals surface area contributed by atoms with Crippen LogP contribution in [0.1, 0.15) is 178 Å². The maximum atomic E-state index is 14.3. The largest absolute Gasteiger partial charge is 0.481 e. The van der Waals surface area contributed by atoms with E-state index in [-0.39, 0.29) is 106 Å². The minimum absolute atomic E-state index is 0.000757. The van der Waals surface area contributed by atoms with Crippen LogP contribution in [0.4, 0.5) is 16.2 Å². The maximum absolute atomic E-state index is 14.3. The number of hydrogen-bond acceptors (Lipinski definition) is 14. The van der Waals surface area contributed by atoms with Gasteiger partial charge in [0.25, 0.3) is 20.2 Å². The molecule has 3 amide bonds. The molecule has 0 spiro atoms. The third-order valence-electron chi connectivity index (χ3n) is 18.9. The van der Waals surface area contributed by atoms with Crippen LogP contribution >= 0.6 is 0 Å². The van der Waals surface area contributed by atoms with Crippen molar-refractivity contribution in [2.45, 2.75) is 192 Å². The smallest absolute Gasteiger partial charge is 0.326 e. The molecule has 0 radical (unpaired) electrons. The lowest BCUT2D eigenvalue weighted by atomic mass is 9.81. The number of hydrogen-bond donors (Lipinski definition) is 9. The van der Waals surface area contributed by atoms with Gasteiger partial charge in [-0.1, -0.05) is 118 Å². The van der Waals surface area contributed by atoms with Gasteiger partial charge in [0.15, 0.2) is 11.5 Å². The fourth-order valence-electron chi connectivity index (χ4n) is 13.5. The molecule has 23 nitrogen and oxygen atoms in total. The number of nitrogens with zero attached hydrogens (tertiary/aromatic N) is 2. The molecule has 0 unspecified atom stereocenters. The predicted octanol–water partition coefficient (Wildman–Crippen LogP) is 12.1. The van der Waals surface area contributed by atoms with Gasteiger partial charge in [0, 0.05) is 91.8 Å². The van der Waals surface area contributed by atoms with E-state index in [1.54, 1.807) is 24.3 Å². The molecule has 9 N–H and O–H groups in total. The van der Waals surface area contributed by atoms with Gasteiger partial charge in [-0.25, -0.2) is 9.59 Å². The molecule has 102 heavy (non-hydrogen) atoms. The molecule has 0 saturated heterocycles. The number of carbonyl (C=O) groups excluding carboxylic acids is 4. The first kappa shape index (κ1) is 80.4. The second kappa shape index (κ2) is 37.8. The van der Waals surface area contributed by atoms with Crippen molar-refractivity contribution in [1.29, 1.82) is 5.41 Å². The highest BCUT2D eigenvalue weighted by Gasteiger charge is 2.44. The van der Waals surface area contributed by atoms with E-state index < -0.39 is 78.8 Å². The fraction of sp³-hybridized carbons (Fsp3) is 0.468. The van der Waals surface area contributed by atoms with Gasteiger partial charge < -0.3 is 46.3 Å². The number of carbonyl (C=O) groups is 7. The van der Waals surface area contributed by atoms with Crippen LogP contribution in [0.25, 0.3) is 0 Å². The van der Waals surface area contributed by atoms with Gasteiger partial charge in [0.1, 0.15) is 29.9 Å². The number of rotatable bonds is 43. The number of para-hydroxylation sites is 2. The van der Waals surface area contributed by atoms with E-state index >= 15 is 0 Å². The van der Waals surface area contributed by atoms with Gasteiger partial charge in [0.05, 0.1) is 28.9 Å². The zero-order chi connectivity index (χ0) is 74.2. The summed E-state index contributed by atoms with van der Waals surface area (Å²) in [7, 11) is -8.28. The summed E-state index contributed by atoms with van der Waals surface area (Å²) in [5.74, 6) is -5.39. The molecule has 0 fully saturated rings. The number of Topliss-reactive ketones (excluding diaryl/α,β-unsaturated/α-hetero) is 2. The Bertz CT molecular complexity index is 4060. The average Bonchev–Trinajstić information content (AvgIpc) is 1.60. The first-order valence-electron chi connectivity index (χ1n) is 35.2. The maximum Gasteiger partial charge on any atom is 0.326 e. The Morgan fingerprint density at radius 2 is 1.27 bits per heavy atom. The standard InChI is InChI=1S/C77H98N6O17S2/c1-76(2)61-28-13-15-30-65(61)82(45-17-19-47-101(94,95)96)68(76)42-36-55-25-21-26-56(37-43-69-77(3,4)62-29-14-16-31-66(62)83(69)46-18-20-48-102(97,98)99)72(55)100-60-39-34-54(35-40-60)49-57(73(89)90)51-67(85)64(50-53-23-9-8-10-24-53)80-70(86)32-12-7-5-6-11-27-58(78)52-59(84)38-41-63(74(91)92)81-75(93)79-44-22-33-71(87)88/h8-10,13-16,23-24,28-31,34-37,39-40,42-43,57,63-64,78H,5-7,11-12,17-22,25-27,32-33,38,41,44-52H2,1-4H3,(H7-,79,80,81,86,87,88,89,90,91,92,93,94,95,96,97,98,99)/p+1/t57-,63+,64+/m1/s1. The lowest BCUT2D eigenvalue weighted by molar-refractivity contribution is -0.438. The van der Waals surface area contributed by atoms with Gasteiger partial charge >= 0.3 is 23.9 Å². The molecule has 2 aliphatic heterocycles. The van der Waals surface area contributed by atoms with E-state index in [0.717, 1.165) is 63.5 Å². The number of ether oxygens (including phenoxy) is 1. The number of anilines is 1. The number of fused-ring (bicyclic) bond motifs is 2. The van der Waals surface area contributed by atoms with Crippen LogP contribution < -0.4 is 25.6 Å². The minimum atomic E-state index is -4.14. The number of urea groups is 1. The lowest BCUT2D eigenvalue weighted by Gasteiger charge is -2.27. The summed E-state index contributed by atoms with van der Waals surface area (Å²) >= 11 is 0. The molecular formula is C77H99N6O17S2+. The molecule has 550 valence electrons. The third kappa shape index (κ3) is 24.7. The van der Waals surface area contributed by atoms with Gasteiger partial charge in [-0.2, -0.15) is 21.4 Å². The van der Waals surface area contributed by atoms with E-state index in [1.165, 1.54) is 0 Å². The van der Waals surface area contributed by atoms with Crippen LogP contribution in [-0.4, -0.2) is 142 Å². The molecule has 7 rings (SSSR count). The highest BCUT2D eigenvalue weighted by Crippen LogP contribution is 2.48. The van der Waals surface area contributed by atoms with E-state index in [9.17, 15) is 69.7 Å². The van der Waals surface area contributed by atoms with Crippen molar-refractivity contribution in [2.24, 2.45) is 5.92 Å². The molecule has 0 saturated carbocycles. The van der Waals surface area contributed by atoms with Gasteiger partial charge in [0.2, 0.25) is 11.6 Å². The Balaban J connectivity index is 1.02. The highest BCUT2D eigenvalue weighted by atomic mass is 32.2. The quantitative estimate of drug-likeness (QED) is 0.00860. The molecule has 0 aromatic heterocycles. The number of unbranched alkanes of at least 4 members (excludes halogenated alkanes) is 6. The Hall–Kier alpha value is -8.91. The van der Waals surface area contributed by atoms with Gasteiger partial charge in [-0.3, -0.25) is 33.1 Å². The zero-order valence-electron chi connectivity index (χ0n) is 58.8. The van der Waals surface area contributed by atoms with Crippen molar-refractivity contribution in [3.05, 3.63) is 172 Å². The van der Waals surface area contributed by atoms with Crippen molar-refractivity contribution >= 4 is 84.4 Å². The third-order valence-corrected chi connectivity index (χ3v) is 20.5. The van der Waals surface area contributed by atoms with Crippen molar-refractivity contribution < 1.29 is 84.1 Å². The SMILES string of the molecule is CC1(C)C(=CC=C2CCCC(C=CC3=[N+](CCCCS(=O)(=O)O)c4ccccc4C3(C)C)=C2Oc2ccc(C[C@H](CC(=O)[C@H](Cc3ccccc3)NC(=O)CCCCCCCC(=N)CC(=O)CC[C@H](NC(=O)NCCCC(=O)O)C(=O)O)C(=O)O)cc2)N(CCCCS(=O)(=O)O)c2ccccc21. The van der Waals surface area contributed by atoms with Crippen molar-refractivity contribution in [3.63, 3.8) is 0 Å². The summed E-state index contributed by atoms with van der Waals surface area (Å²) < 4.78 is 75.1. The number of benzene rings is 4. The Morgan fingerprint density at radius 1 is 0.637 bits per heavy atom. The normalized spacial score (nSPS) is 16.5. The lowest BCUT2D eigenvalue weighted by Crippen LogP contribution is -2.46. The summed E-state index contributed by atoms with van der Waals surface area (Å²) in [4.78, 5) is 90.2. The number of aliphatic carboxylic acids is 3. The molecule has 4 aromatic rings. The number of carboxylic acids is 3. The van der Waals surface area contributed by atoms with Crippen LogP contribution in [-0.2, 0) is 72.7 Å². The highest BCUT2D eigenvalue weighted by molar-refractivity contribution is 7.86. The van der Waals surface area contributed by atoms with Crippen LogP contribution in [0, 0.1) is 11.3 Å². The first-order valence-corrected chi connectivity index (χ1v) is 38.4. The van der Waals surface area contributed by atoms with E-state index in [0.29, 0.717) is 87.9 Å². The van der Waals surface area contributed by atoms with Crippen LogP contribution in [0.3, 0.4) is 0 Å². The van der Waals surface area contributed by atoms with Crippen LogP contribution in [0.5, 0.6) is 5.75 Å². The first-order chi connectivity index (χ1) is 48.4. The van der Waals surface area contributed by atoms with E-state index in [2.05, 4.69) is 102 Å². The summed E-state index contributed by atoms with van der Waals surface area (Å²) in [6.07, 6.45) is 15.0. The molecule has 3 atom stereocenters. The molecule has 3 aliphatic rings. The summed E-state index contributed by atoms with van der Waals surface area (Å²) in [6.45, 7) is 9.65. The number of ketones is 2. The number of carboxylic acid groups (broad SMARTS) is 3. The number of nitrogens with one attached hydrogen (secondary N) is 4. The fourth-order valence-corrected chi connectivity index (χ4v) is 14.6. The molecule has 2 heterocycles. The van der Waals surface area contributed by atoms with Gasteiger partial charge in [-0.05, 0) is 156 Å². The second-order valence-corrected chi connectivity index (χ2v) is 30.8. The topological polar surface area (TPSA) is 364 Å². The van der Waals surface area contributed by atoms with Crippen molar-refractivity contribution in [2.75, 3.05) is 36.0 Å². The predicted molar refractivity (Wildman–Crippen MR) is 391 cm³/mol. The second-order valence-electron chi connectivity index (χ2n) is 27.6. The Kier molecular flexibility index (Phi) is 29.8. The molecule has 0 bridgehead atoms. The molecule has 4 aromatic carbocycles. The van der Waals surface area contributed by atoms with Crippen LogP contribution in [0.2, 0.25) is 0 Å². The molecule has 25 heteroatoms.